The Labute approximate surface area is 159 Å². The highest BCUT2D eigenvalue weighted by molar-refractivity contribution is 8.04. The summed E-state index contributed by atoms with van der Waals surface area (Å²) in [5.41, 5.74) is 4.52. The first-order chi connectivity index (χ1) is 13.2. The lowest BCUT2D eigenvalue weighted by molar-refractivity contribution is 0.399. The first kappa shape index (κ1) is 16.1. The fourth-order valence-electron chi connectivity index (χ4n) is 3.03. The van der Waals surface area contributed by atoms with Gasteiger partial charge < -0.3 is 14.2 Å². The van der Waals surface area contributed by atoms with Crippen molar-refractivity contribution in [3.05, 3.63) is 47.9 Å². The van der Waals surface area contributed by atoms with E-state index in [1.807, 2.05) is 48.8 Å². The third-order valence-corrected chi connectivity index (χ3v) is 5.76. The molecule has 0 aromatic carbocycles. The Morgan fingerprint density at radius 1 is 1.26 bits per heavy atom. The Balaban J connectivity index is 0.000000272. The number of aryl methyl sites for hydroxylation is 2. The minimum Gasteiger partial charge on any atom is -0.479 e. The molecule has 27 heavy (non-hydrogen) atoms. The average molecular weight is 379 g/mol. The summed E-state index contributed by atoms with van der Waals surface area (Å²) in [4.78, 5) is 15.3. The third-order valence-electron chi connectivity index (χ3n) is 4.72. The Hall–Kier alpha value is -3.07. The SMILES string of the molecule is C1=C2SCN12.COc1ncnn2ccc(-c3cnc4nc(C)n(C)c4c3)c12. The maximum absolute atomic E-state index is 5.35. The number of hydrogen-bond acceptors (Lipinski definition) is 7. The number of imidazole rings is 1. The molecule has 0 N–H and O–H groups in total. The van der Waals surface area contributed by atoms with Crippen molar-refractivity contribution in [1.29, 1.82) is 0 Å². The molecule has 136 valence electrons. The second-order valence-corrected chi connectivity index (χ2v) is 7.25. The molecule has 8 nitrogen and oxygen atoms in total. The largest absolute Gasteiger partial charge is 0.479 e. The number of ether oxygens (including phenoxy) is 1. The normalized spacial score (nSPS) is 14.3. The molecular weight excluding hydrogens is 362 g/mol. The van der Waals surface area contributed by atoms with Gasteiger partial charge in [-0.2, -0.15) is 10.1 Å². The van der Waals surface area contributed by atoms with Gasteiger partial charge in [-0.05, 0) is 19.1 Å². The smallest absolute Gasteiger partial charge is 0.241 e. The minimum absolute atomic E-state index is 0.538. The Morgan fingerprint density at radius 3 is 2.78 bits per heavy atom. The molecular formula is C18H17N7OS. The molecule has 4 aromatic heterocycles. The van der Waals surface area contributed by atoms with E-state index in [0.717, 1.165) is 33.6 Å². The Morgan fingerprint density at radius 2 is 2.11 bits per heavy atom. The van der Waals surface area contributed by atoms with Crippen LogP contribution < -0.4 is 4.74 Å². The molecule has 0 amide bonds. The lowest BCUT2D eigenvalue weighted by Crippen LogP contribution is -2.04. The highest BCUT2D eigenvalue weighted by atomic mass is 32.2. The van der Waals surface area contributed by atoms with Crippen molar-refractivity contribution >= 4 is 28.4 Å². The van der Waals surface area contributed by atoms with Crippen molar-refractivity contribution in [3.63, 3.8) is 0 Å². The van der Waals surface area contributed by atoms with Crippen molar-refractivity contribution in [2.45, 2.75) is 6.92 Å². The fraction of sp³-hybridized carbons (Fsp3) is 0.222. The summed E-state index contributed by atoms with van der Waals surface area (Å²) >= 11 is 1.92. The molecule has 6 heterocycles. The zero-order valence-electron chi connectivity index (χ0n) is 15.1. The predicted molar refractivity (Wildman–Crippen MR) is 104 cm³/mol. The molecule has 0 aliphatic carbocycles. The Kier molecular flexibility index (Phi) is 3.57. The molecule has 1 saturated heterocycles. The molecule has 4 aromatic rings. The van der Waals surface area contributed by atoms with E-state index < -0.39 is 0 Å². The zero-order chi connectivity index (χ0) is 18.5. The van der Waals surface area contributed by atoms with E-state index in [2.05, 4.69) is 37.2 Å². The molecule has 2 aliphatic rings. The summed E-state index contributed by atoms with van der Waals surface area (Å²) in [6.45, 7) is 1.96. The standard InChI is InChI=1S/C15H14N6O.C3H3NS/c1-9-19-14-12(20(9)2)6-10(7-16-14)11-4-5-21-13(11)15(22-3)17-8-18-21;1-3-4(1)2-5-3/h4-8H,1-3H3;1H,2H2. The quantitative estimate of drug-likeness (QED) is 0.530. The van der Waals surface area contributed by atoms with Gasteiger partial charge in [-0.3, -0.25) is 0 Å². The van der Waals surface area contributed by atoms with Gasteiger partial charge in [0.1, 0.15) is 17.7 Å². The van der Waals surface area contributed by atoms with Crippen LogP contribution in [-0.2, 0) is 7.05 Å². The number of pyridine rings is 1. The molecule has 6 rings (SSSR count). The summed E-state index contributed by atoms with van der Waals surface area (Å²) in [6.07, 6.45) is 7.33. The van der Waals surface area contributed by atoms with Crippen LogP contribution in [0, 0.1) is 6.92 Å². The van der Waals surface area contributed by atoms with E-state index in [9.17, 15) is 0 Å². The monoisotopic (exact) mass is 379 g/mol. The van der Waals surface area contributed by atoms with E-state index in [1.165, 1.54) is 17.2 Å². The van der Waals surface area contributed by atoms with Crippen molar-refractivity contribution in [1.82, 2.24) is 34.0 Å². The molecule has 0 bridgehead atoms. The van der Waals surface area contributed by atoms with E-state index >= 15 is 0 Å². The van der Waals surface area contributed by atoms with Crippen LogP contribution in [0.25, 0.3) is 27.8 Å². The summed E-state index contributed by atoms with van der Waals surface area (Å²) in [7, 11) is 3.59. The Bertz CT molecular complexity index is 1210. The van der Waals surface area contributed by atoms with Crippen molar-refractivity contribution in [3.8, 4) is 17.0 Å². The molecule has 9 heteroatoms. The van der Waals surface area contributed by atoms with Crippen LogP contribution in [-0.4, -0.2) is 47.0 Å². The van der Waals surface area contributed by atoms with E-state index in [0.29, 0.717) is 5.88 Å². The van der Waals surface area contributed by atoms with Gasteiger partial charge in [0.2, 0.25) is 5.88 Å². The van der Waals surface area contributed by atoms with E-state index in [-0.39, 0.29) is 0 Å². The highest BCUT2D eigenvalue weighted by Crippen LogP contribution is 2.44. The van der Waals surface area contributed by atoms with Gasteiger partial charge in [-0.15, -0.1) is 0 Å². The minimum atomic E-state index is 0.538. The molecule has 0 atom stereocenters. The van der Waals surface area contributed by atoms with E-state index in [1.54, 1.807) is 11.6 Å². The van der Waals surface area contributed by atoms with Gasteiger partial charge >= 0.3 is 0 Å². The summed E-state index contributed by atoms with van der Waals surface area (Å²) < 4.78 is 9.13. The average Bonchev–Trinajstić information content (AvgIpc) is 2.99. The maximum Gasteiger partial charge on any atom is 0.241 e. The molecule has 0 unspecified atom stereocenters. The van der Waals surface area contributed by atoms with E-state index in [4.69, 9.17) is 4.74 Å². The van der Waals surface area contributed by atoms with Crippen LogP contribution in [0.1, 0.15) is 5.82 Å². The second-order valence-electron chi connectivity index (χ2n) is 6.29. The van der Waals surface area contributed by atoms with Crippen LogP contribution in [0.2, 0.25) is 0 Å². The lowest BCUT2D eigenvalue weighted by Gasteiger charge is -2.10. The number of hydrogen-bond donors (Lipinski definition) is 0. The van der Waals surface area contributed by atoms with Crippen LogP contribution in [0.3, 0.4) is 0 Å². The van der Waals surface area contributed by atoms with Crippen molar-refractivity contribution < 1.29 is 4.74 Å². The van der Waals surface area contributed by atoms with Crippen LogP contribution in [0.4, 0.5) is 0 Å². The maximum atomic E-state index is 5.35. The van der Waals surface area contributed by atoms with Crippen molar-refractivity contribution in [2.24, 2.45) is 7.05 Å². The molecule has 2 aliphatic heterocycles. The van der Waals surface area contributed by atoms with Crippen LogP contribution >= 0.6 is 11.8 Å². The molecule has 1 fully saturated rings. The summed E-state index contributed by atoms with van der Waals surface area (Å²) in [6, 6.07) is 4.06. The van der Waals surface area contributed by atoms with Gasteiger partial charge in [0.15, 0.2) is 5.65 Å². The predicted octanol–water partition coefficient (Wildman–Crippen LogP) is 2.80. The van der Waals surface area contributed by atoms with Gasteiger partial charge in [-0.1, -0.05) is 11.8 Å². The van der Waals surface area contributed by atoms with Gasteiger partial charge in [-0.25, -0.2) is 14.5 Å². The second kappa shape index (κ2) is 5.98. The molecule has 0 spiro atoms. The van der Waals surface area contributed by atoms with Crippen molar-refractivity contribution in [2.75, 3.05) is 13.0 Å². The van der Waals surface area contributed by atoms with Gasteiger partial charge in [0.05, 0.1) is 23.5 Å². The number of nitrogens with zero attached hydrogens (tertiary/aromatic N) is 7. The van der Waals surface area contributed by atoms with Crippen LogP contribution in [0.5, 0.6) is 5.88 Å². The first-order valence-corrected chi connectivity index (χ1v) is 9.41. The van der Waals surface area contributed by atoms with Gasteiger partial charge in [0, 0.05) is 36.8 Å². The lowest BCUT2D eigenvalue weighted by atomic mass is 10.1. The fourth-order valence-corrected chi connectivity index (χ4v) is 3.73. The number of fused-ring (bicyclic) bond motifs is 3. The number of methoxy groups -OCH3 is 1. The van der Waals surface area contributed by atoms with Gasteiger partial charge in [0.25, 0.3) is 0 Å². The summed E-state index contributed by atoms with van der Waals surface area (Å²) in [5.74, 6) is 2.69. The van der Waals surface area contributed by atoms with Crippen LogP contribution in [0.15, 0.2) is 42.1 Å². The summed E-state index contributed by atoms with van der Waals surface area (Å²) in [5, 5.41) is 5.68. The highest BCUT2D eigenvalue weighted by Gasteiger charge is 2.30. The number of rotatable bonds is 2. The third kappa shape index (κ3) is 2.62. The molecule has 0 radical (unpaired) electrons. The number of aromatic nitrogens is 6. The zero-order valence-corrected chi connectivity index (χ0v) is 15.9. The first-order valence-electron chi connectivity index (χ1n) is 8.43. The topological polar surface area (TPSA) is 73.1 Å². The number of thioether (sulfide) groups is 1. The molecule has 0 saturated carbocycles.